The van der Waals surface area contributed by atoms with Crippen LogP contribution in [-0.2, 0) is 0 Å². The van der Waals surface area contributed by atoms with Crippen LogP contribution in [0, 0.1) is 5.92 Å². The molecular formula is C22H24N4OS. The van der Waals surface area contributed by atoms with E-state index in [4.69, 9.17) is 0 Å². The molecule has 1 aliphatic rings. The Labute approximate surface area is 169 Å². The third-order valence-corrected chi connectivity index (χ3v) is 5.92. The fraction of sp³-hybridized carbons (Fsp3) is 0.273. The molecule has 144 valence electrons. The number of thiophene rings is 1. The van der Waals surface area contributed by atoms with E-state index in [1.54, 1.807) is 12.3 Å². The van der Waals surface area contributed by atoms with E-state index >= 15 is 0 Å². The zero-order valence-corrected chi connectivity index (χ0v) is 16.7. The molecule has 0 bridgehead atoms. The molecule has 0 aliphatic carbocycles. The number of nitrogens with zero attached hydrogens (tertiary/aromatic N) is 2. The number of anilines is 4. The van der Waals surface area contributed by atoms with Crippen LogP contribution >= 0.6 is 11.3 Å². The van der Waals surface area contributed by atoms with E-state index in [9.17, 15) is 4.79 Å². The molecule has 0 radical (unpaired) electrons. The van der Waals surface area contributed by atoms with Gasteiger partial charge in [0.05, 0.1) is 16.8 Å². The molecule has 0 saturated carbocycles. The molecule has 2 aromatic heterocycles. The summed E-state index contributed by atoms with van der Waals surface area (Å²) in [6.45, 7) is 4.60. The van der Waals surface area contributed by atoms with E-state index in [-0.39, 0.29) is 5.91 Å². The Bertz CT molecular complexity index is 899. The fourth-order valence-corrected chi connectivity index (χ4v) is 3.93. The quantitative estimate of drug-likeness (QED) is 0.612. The summed E-state index contributed by atoms with van der Waals surface area (Å²) in [4.78, 5) is 19.6. The zero-order chi connectivity index (χ0) is 19.3. The number of aromatic nitrogens is 1. The van der Waals surface area contributed by atoms with Crippen molar-refractivity contribution in [2.45, 2.75) is 19.8 Å². The topological polar surface area (TPSA) is 57.3 Å². The first-order valence-corrected chi connectivity index (χ1v) is 10.5. The molecule has 28 heavy (non-hydrogen) atoms. The van der Waals surface area contributed by atoms with E-state index < -0.39 is 0 Å². The first-order valence-electron chi connectivity index (χ1n) is 9.60. The Morgan fingerprint density at radius 2 is 1.82 bits per heavy atom. The van der Waals surface area contributed by atoms with Crippen LogP contribution in [0.15, 0.2) is 60.1 Å². The number of pyridine rings is 1. The number of carbonyl (C=O) groups is 1. The average Bonchev–Trinajstić information content (AvgIpc) is 3.26. The molecule has 6 heteroatoms. The third kappa shape index (κ3) is 4.51. The second-order valence-corrected chi connectivity index (χ2v) is 8.15. The maximum absolute atomic E-state index is 12.1. The van der Waals surface area contributed by atoms with Gasteiger partial charge in [0.1, 0.15) is 5.82 Å². The molecule has 4 rings (SSSR count). The lowest BCUT2D eigenvalue weighted by molar-refractivity contribution is 0.103. The summed E-state index contributed by atoms with van der Waals surface area (Å²) < 4.78 is 0. The predicted octanol–water partition coefficient (Wildman–Crippen LogP) is 5.38. The molecule has 1 aliphatic heterocycles. The van der Waals surface area contributed by atoms with Gasteiger partial charge in [-0.25, -0.2) is 4.98 Å². The summed E-state index contributed by atoms with van der Waals surface area (Å²) >= 11 is 1.42. The Kier molecular flexibility index (Phi) is 5.58. The summed E-state index contributed by atoms with van der Waals surface area (Å²) in [6, 6.07) is 15.9. The number of rotatable bonds is 5. The molecule has 1 fully saturated rings. The first-order chi connectivity index (χ1) is 13.7. The van der Waals surface area contributed by atoms with Crippen molar-refractivity contribution in [2.75, 3.05) is 28.6 Å². The predicted molar refractivity (Wildman–Crippen MR) is 117 cm³/mol. The molecule has 5 nitrogen and oxygen atoms in total. The van der Waals surface area contributed by atoms with Gasteiger partial charge < -0.3 is 15.5 Å². The van der Waals surface area contributed by atoms with E-state index in [0.29, 0.717) is 10.6 Å². The number of carbonyl (C=O) groups excluding carboxylic acids is 1. The number of nitrogens with one attached hydrogen (secondary N) is 2. The van der Waals surface area contributed by atoms with Gasteiger partial charge in [-0.15, -0.1) is 11.3 Å². The SMILES string of the molecule is CC1CCN(c2ccc(Nc3ccc(NC(=O)c4cccs4)cn3)cc2)CC1. The monoisotopic (exact) mass is 392 g/mol. The van der Waals surface area contributed by atoms with Crippen molar-refractivity contribution in [3.8, 4) is 0 Å². The van der Waals surface area contributed by atoms with E-state index in [2.05, 4.69) is 51.7 Å². The Morgan fingerprint density at radius 1 is 1.07 bits per heavy atom. The van der Waals surface area contributed by atoms with Crippen LogP contribution in [0.4, 0.5) is 22.9 Å². The summed E-state index contributed by atoms with van der Waals surface area (Å²) in [5.41, 5.74) is 2.95. The minimum atomic E-state index is -0.111. The highest BCUT2D eigenvalue weighted by Crippen LogP contribution is 2.25. The van der Waals surface area contributed by atoms with Crippen molar-refractivity contribution in [1.82, 2.24) is 4.98 Å². The summed E-state index contributed by atoms with van der Waals surface area (Å²) in [5.74, 6) is 1.47. The van der Waals surface area contributed by atoms with E-state index in [1.165, 1.54) is 29.9 Å². The second kappa shape index (κ2) is 8.44. The van der Waals surface area contributed by atoms with Gasteiger partial charge in [0.25, 0.3) is 5.91 Å². The van der Waals surface area contributed by atoms with E-state index in [1.807, 2.05) is 23.6 Å². The molecule has 2 N–H and O–H groups in total. The normalized spacial score (nSPS) is 14.7. The van der Waals surface area contributed by atoms with Gasteiger partial charge in [0, 0.05) is 24.5 Å². The summed E-state index contributed by atoms with van der Waals surface area (Å²) in [7, 11) is 0. The standard InChI is InChI=1S/C22H24N4OS/c1-16-10-12-26(13-11-16)19-7-4-17(5-8-19)24-21-9-6-18(15-23-21)25-22(27)20-3-2-14-28-20/h2-9,14-16H,10-13H2,1H3,(H,23,24)(H,25,27). The number of amides is 1. The van der Waals surface area contributed by atoms with Crippen molar-refractivity contribution in [3.05, 3.63) is 65.0 Å². The molecule has 1 aromatic carbocycles. The molecule has 3 heterocycles. The highest BCUT2D eigenvalue weighted by Gasteiger charge is 2.15. The Morgan fingerprint density at radius 3 is 2.46 bits per heavy atom. The van der Waals surface area contributed by atoms with Crippen molar-refractivity contribution < 1.29 is 4.79 Å². The lowest BCUT2D eigenvalue weighted by atomic mass is 9.99. The van der Waals surface area contributed by atoms with Gasteiger partial charge in [-0.05, 0) is 66.6 Å². The summed E-state index contributed by atoms with van der Waals surface area (Å²) in [5, 5.41) is 8.05. The molecule has 0 atom stereocenters. The number of benzene rings is 1. The molecule has 1 saturated heterocycles. The zero-order valence-electron chi connectivity index (χ0n) is 15.9. The fourth-order valence-electron chi connectivity index (χ4n) is 3.31. The number of hydrogen-bond acceptors (Lipinski definition) is 5. The van der Waals surface area contributed by atoms with Crippen LogP contribution < -0.4 is 15.5 Å². The highest BCUT2D eigenvalue weighted by atomic mass is 32.1. The maximum Gasteiger partial charge on any atom is 0.265 e. The van der Waals surface area contributed by atoms with Crippen LogP contribution in [0.3, 0.4) is 0 Å². The molecule has 0 unspecified atom stereocenters. The van der Waals surface area contributed by atoms with Gasteiger partial charge in [0.2, 0.25) is 0 Å². The van der Waals surface area contributed by atoms with Crippen LogP contribution in [-0.4, -0.2) is 24.0 Å². The van der Waals surface area contributed by atoms with Gasteiger partial charge in [-0.1, -0.05) is 13.0 Å². The Balaban J connectivity index is 1.34. The van der Waals surface area contributed by atoms with Crippen molar-refractivity contribution in [2.24, 2.45) is 5.92 Å². The minimum Gasteiger partial charge on any atom is -0.372 e. The molecular weight excluding hydrogens is 368 g/mol. The smallest absolute Gasteiger partial charge is 0.265 e. The van der Waals surface area contributed by atoms with Gasteiger partial charge >= 0.3 is 0 Å². The van der Waals surface area contributed by atoms with Crippen LogP contribution in [0.2, 0.25) is 0 Å². The molecule has 0 spiro atoms. The van der Waals surface area contributed by atoms with Crippen LogP contribution in [0.5, 0.6) is 0 Å². The minimum absolute atomic E-state index is 0.111. The lowest BCUT2D eigenvalue weighted by Gasteiger charge is -2.32. The molecule has 1 amide bonds. The Hall–Kier alpha value is -2.86. The maximum atomic E-state index is 12.1. The third-order valence-electron chi connectivity index (χ3n) is 5.05. The largest absolute Gasteiger partial charge is 0.372 e. The van der Waals surface area contributed by atoms with Crippen molar-refractivity contribution in [1.29, 1.82) is 0 Å². The number of hydrogen-bond donors (Lipinski definition) is 2. The molecule has 3 aromatic rings. The first kappa shape index (κ1) is 18.5. The van der Waals surface area contributed by atoms with Crippen molar-refractivity contribution in [3.63, 3.8) is 0 Å². The van der Waals surface area contributed by atoms with Crippen molar-refractivity contribution >= 4 is 40.1 Å². The average molecular weight is 393 g/mol. The van der Waals surface area contributed by atoms with Crippen LogP contribution in [0.25, 0.3) is 0 Å². The lowest BCUT2D eigenvalue weighted by Crippen LogP contribution is -2.32. The van der Waals surface area contributed by atoms with Gasteiger partial charge in [0.15, 0.2) is 0 Å². The van der Waals surface area contributed by atoms with Crippen LogP contribution in [0.1, 0.15) is 29.4 Å². The van der Waals surface area contributed by atoms with E-state index in [0.717, 1.165) is 30.5 Å². The summed E-state index contributed by atoms with van der Waals surface area (Å²) in [6.07, 6.45) is 4.19. The second-order valence-electron chi connectivity index (χ2n) is 7.20. The van der Waals surface area contributed by atoms with Gasteiger partial charge in [-0.3, -0.25) is 4.79 Å². The number of piperidine rings is 1. The highest BCUT2D eigenvalue weighted by molar-refractivity contribution is 7.12. The van der Waals surface area contributed by atoms with Gasteiger partial charge in [-0.2, -0.15) is 0 Å².